The summed E-state index contributed by atoms with van der Waals surface area (Å²) in [5.41, 5.74) is 0. The molecule has 0 atom stereocenters. The summed E-state index contributed by atoms with van der Waals surface area (Å²) in [6.45, 7) is 4.53. The number of amides is 2. The molecule has 0 aliphatic carbocycles. The van der Waals surface area contributed by atoms with Crippen molar-refractivity contribution in [2.24, 2.45) is 5.84 Å². The second-order valence-corrected chi connectivity index (χ2v) is 3.17. The Balaban J connectivity index is 2.36. The minimum Gasteiger partial charge on any atom is -0.323 e. The molecule has 0 bridgehead atoms. The van der Waals surface area contributed by atoms with E-state index in [1.165, 1.54) is 5.01 Å². The summed E-state index contributed by atoms with van der Waals surface area (Å²) in [6.07, 6.45) is 3.18. The number of urea groups is 1. The van der Waals surface area contributed by atoms with Gasteiger partial charge in [-0.1, -0.05) is 13.3 Å². The molecule has 70 valence electrons. The first-order valence-corrected chi connectivity index (χ1v) is 4.57. The summed E-state index contributed by atoms with van der Waals surface area (Å²) in [7, 11) is 0. The Labute approximate surface area is 73.3 Å². The second kappa shape index (κ2) is 4.30. The van der Waals surface area contributed by atoms with Crippen LogP contribution in [-0.4, -0.2) is 35.6 Å². The molecule has 0 aromatic carbocycles. The second-order valence-electron chi connectivity index (χ2n) is 3.17. The molecule has 0 spiro atoms. The lowest BCUT2D eigenvalue weighted by molar-refractivity contribution is 0.129. The van der Waals surface area contributed by atoms with Gasteiger partial charge in [0.2, 0.25) is 0 Å². The smallest absolute Gasteiger partial charge is 0.323 e. The Hall–Kier alpha value is -0.770. The maximum absolute atomic E-state index is 11.4. The van der Waals surface area contributed by atoms with Crippen LogP contribution in [0.2, 0.25) is 0 Å². The van der Waals surface area contributed by atoms with E-state index in [-0.39, 0.29) is 6.03 Å². The van der Waals surface area contributed by atoms with E-state index in [1.54, 1.807) is 0 Å². The van der Waals surface area contributed by atoms with Gasteiger partial charge in [0.05, 0.1) is 0 Å². The third-order valence-electron chi connectivity index (χ3n) is 2.12. The van der Waals surface area contributed by atoms with Gasteiger partial charge in [0.15, 0.2) is 0 Å². The minimum absolute atomic E-state index is 0.0188. The number of rotatable bonds is 3. The first kappa shape index (κ1) is 9.32. The molecule has 1 heterocycles. The van der Waals surface area contributed by atoms with Gasteiger partial charge in [-0.25, -0.2) is 10.6 Å². The van der Waals surface area contributed by atoms with Crippen LogP contribution in [0.15, 0.2) is 0 Å². The number of hydrazine groups is 1. The topological polar surface area (TPSA) is 49.6 Å². The summed E-state index contributed by atoms with van der Waals surface area (Å²) in [5.74, 6) is 5.48. The van der Waals surface area contributed by atoms with Crippen LogP contribution >= 0.6 is 0 Å². The van der Waals surface area contributed by atoms with E-state index in [9.17, 15) is 4.79 Å². The molecular formula is C8H17N3O. The van der Waals surface area contributed by atoms with Gasteiger partial charge in [-0.2, -0.15) is 0 Å². The SMILES string of the molecule is CCCCN1CCCN(N)C1=O. The van der Waals surface area contributed by atoms with Crippen LogP contribution in [-0.2, 0) is 0 Å². The summed E-state index contributed by atoms with van der Waals surface area (Å²) < 4.78 is 0. The molecule has 0 radical (unpaired) electrons. The molecule has 1 aliphatic heterocycles. The lowest BCUT2D eigenvalue weighted by Gasteiger charge is -2.32. The van der Waals surface area contributed by atoms with Crippen LogP contribution in [0.1, 0.15) is 26.2 Å². The molecule has 0 aromatic rings. The van der Waals surface area contributed by atoms with Gasteiger partial charge >= 0.3 is 6.03 Å². The normalized spacial score (nSPS) is 18.7. The van der Waals surface area contributed by atoms with Gasteiger partial charge in [-0.15, -0.1) is 0 Å². The molecule has 0 saturated carbocycles. The molecule has 0 unspecified atom stereocenters. The average molecular weight is 171 g/mol. The lowest BCUT2D eigenvalue weighted by atomic mass is 10.2. The first-order chi connectivity index (χ1) is 5.75. The van der Waals surface area contributed by atoms with E-state index in [0.717, 1.165) is 32.4 Å². The van der Waals surface area contributed by atoms with E-state index in [1.807, 2.05) is 4.90 Å². The summed E-state index contributed by atoms with van der Waals surface area (Å²) in [4.78, 5) is 13.2. The van der Waals surface area contributed by atoms with E-state index in [2.05, 4.69) is 6.92 Å². The molecule has 1 aliphatic rings. The highest BCUT2D eigenvalue weighted by molar-refractivity contribution is 5.74. The highest BCUT2D eigenvalue weighted by atomic mass is 16.2. The van der Waals surface area contributed by atoms with Crippen molar-refractivity contribution in [2.75, 3.05) is 19.6 Å². The summed E-state index contributed by atoms with van der Waals surface area (Å²) >= 11 is 0. The molecule has 4 nitrogen and oxygen atoms in total. The average Bonchev–Trinajstić information content (AvgIpc) is 2.08. The van der Waals surface area contributed by atoms with E-state index < -0.39 is 0 Å². The van der Waals surface area contributed by atoms with Crippen LogP contribution in [0.4, 0.5) is 4.79 Å². The van der Waals surface area contributed by atoms with E-state index >= 15 is 0 Å². The highest BCUT2D eigenvalue weighted by Crippen LogP contribution is 2.06. The predicted molar refractivity (Wildman–Crippen MR) is 47.4 cm³/mol. The van der Waals surface area contributed by atoms with Gasteiger partial charge in [0.1, 0.15) is 0 Å². The van der Waals surface area contributed by atoms with Gasteiger partial charge in [-0.3, -0.25) is 5.01 Å². The number of nitrogens with zero attached hydrogens (tertiary/aromatic N) is 2. The maximum atomic E-state index is 11.4. The third-order valence-corrected chi connectivity index (χ3v) is 2.12. The number of carbonyl (C=O) groups excluding carboxylic acids is 1. The van der Waals surface area contributed by atoms with Crippen LogP contribution < -0.4 is 5.84 Å². The van der Waals surface area contributed by atoms with Crippen LogP contribution in [0.5, 0.6) is 0 Å². The zero-order valence-electron chi connectivity index (χ0n) is 7.62. The van der Waals surface area contributed by atoms with E-state index in [4.69, 9.17) is 5.84 Å². The largest absolute Gasteiger partial charge is 0.334 e. The van der Waals surface area contributed by atoms with Crippen molar-refractivity contribution in [1.82, 2.24) is 9.91 Å². The van der Waals surface area contributed by atoms with Gasteiger partial charge in [0, 0.05) is 19.6 Å². The molecule has 1 fully saturated rings. The highest BCUT2D eigenvalue weighted by Gasteiger charge is 2.21. The van der Waals surface area contributed by atoms with Crippen LogP contribution in [0, 0.1) is 0 Å². The van der Waals surface area contributed by atoms with Crippen LogP contribution in [0.3, 0.4) is 0 Å². The summed E-state index contributed by atoms with van der Waals surface area (Å²) in [6, 6.07) is -0.0188. The minimum atomic E-state index is -0.0188. The van der Waals surface area contributed by atoms with Crippen LogP contribution in [0.25, 0.3) is 0 Å². The zero-order valence-corrected chi connectivity index (χ0v) is 7.62. The molecule has 1 rings (SSSR count). The van der Waals surface area contributed by atoms with Crippen molar-refractivity contribution >= 4 is 6.03 Å². The Bertz CT molecular complexity index is 160. The number of hydrogen-bond acceptors (Lipinski definition) is 2. The number of hydrogen-bond donors (Lipinski definition) is 1. The Morgan fingerprint density at radius 3 is 2.92 bits per heavy atom. The molecule has 1 saturated heterocycles. The zero-order chi connectivity index (χ0) is 8.97. The Morgan fingerprint density at radius 2 is 2.25 bits per heavy atom. The molecule has 12 heavy (non-hydrogen) atoms. The Kier molecular flexibility index (Phi) is 3.34. The van der Waals surface area contributed by atoms with Crippen molar-refractivity contribution in [1.29, 1.82) is 0 Å². The summed E-state index contributed by atoms with van der Waals surface area (Å²) in [5, 5.41) is 1.30. The first-order valence-electron chi connectivity index (χ1n) is 4.57. The molecule has 2 N–H and O–H groups in total. The van der Waals surface area contributed by atoms with Gasteiger partial charge < -0.3 is 4.90 Å². The molecule has 4 heteroatoms. The van der Waals surface area contributed by atoms with E-state index in [0.29, 0.717) is 6.54 Å². The standard InChI is InChI=1S/C8H17N3O/c1-2-3-5-10-6-4-7-11(9)8(10)12/h2-7,9H2,1H3. The van der Waals surface area contributed by atoms with Crippen molar-refractivity contribution < 1.29 is 4.79 Å². The number of nitrogens with two attached hydrogens (primary N) is 1. The van der Waals surface area contributed by atoms with Crippen molar-refractivity contribution in [2.45, 2.75) is 26.2 Å². The molecule has 2 amide bonds. The monoisotopic (exact) mass is 171 g/mol. The number of unbranched alkanes of at least 4 members (excludes halogenated alkanes) is 1. The lowest BCUT2D eigenvalue weighted by Crippen LogP contribution is -2.52. The van der Waals surface area contributed by atoms with Gasteiger partial charge in [-0.05, 0) is 12.8 Å². The van der Waals surface area contributed by atoms with Crippen molar-refractivity contribution in [3.63, 3.8) is 0 Å². The number of carbonyl (C=O) groups is 1. The quantitative estimate of drug-likeness (QED) is 0.504. The predicted octanol–water partition coefficient (Wildman–Crippen LogP) is 0.788. The Morgan fingerprint density at radius 1 is 1.50 bits per heavy atom. The molecular weight excluding hydrogens is 154 g/mol. The van der Waals surface area contributed by atoms with Crippen molar-refractivity contribution in [3.8, 4) is 0 Å². The fourth-order valence-corrected chi connectivity index (χ4v) is 1.36. The van der Waals surface area contributed by atoms with Gasteiger partial charge in [0.25, 0.3) is 0 Å². The maximum Gasteiger partial charge on any atom is 0.334 e. The third kappa shape index (κ3) is 2.11. The fourth-order valence-electron chi connectivity index (χ4n) is 1.36. The van der Waals surface area contributed by atoms with Crippen molar-refractivity contribution in [3.05, 3.63) is 0 Å². The fraction of sp³-hybridized carbons (Fsp3) is 0.875. The molecule has 0 aromatic heterocycles.